The van der Waals surface area contributed by atoms with Crippen LogP contribution in [0.25, 0.3) is 22.1 Å². The number of aliphatic hydroxyl groups is 1. The van der Waals surface area contributed by atoms with Gasteiger partial charge in [-0.3, -0.25) is 9.36 Å². The van der Waals surface area contributed by atoms with Crippen LogP contribution in [-0.2, 0) is 11.2 Å². The molecule has 3 N–H and O–H groups in total. The zero-order valence-electron chi connectivity index (χ0n) is 17.7. The van der Waals surface area contributed by atoms with E-state index < -0.39 is 30.2 Å². The van der Waals surface area contributed by atoms with Crippen LogP contribution < -0.4 is 20.8 Å². The maximum Gasteiger partial charge on any atom is 0.347 e. The molecule has 1 fully saturated rings. The van der Waals surface area contributed by atoms with Gasteiger partial charge in [0.2, 0.25) is 6.29 Å². The number of nitrogen functional groups attached to an aromatic ring is 1. The highest BCUT2D eigenvalue weighted by Gasteiger charge is 2.54. The van der Waals surface area contributed by atoms with Crippen molar-refractivity contribution in [2.75, 3.05) is 12.8 Å². The van der Waals surface area contributed by atoms with Gasteiger partial charge in [-0.2, -0.15) is 0 Å². The molecule has 1 aromatic carbocycles. The van der Waals surface area contributed by atoms with E-state index in [0.29, 0.717) is 45.6 Å². The Kier molecular flexibility index (Phi) is 3.73. The lowest BCUT2D eigenvalue weighted by molar-refractivity contribution is -0.103. The molecular formula is C22H17N5O7. The molecule has 12 nitrogen and oxygen atoms in total. The minimum absolute atomic E-state index is 0.0580. The lowest BCUT2D eigenvalue weighted by atomic mass is 9.91. The Morgan fingerprint density at radius 3 is 2.91 bits per heavy atom. The van der Waals surface area contributed by atoms with E-state index in [1.54, 1.807) is 10.6 Å². The highest BCUT2D eigenvalue weighted by molar-refractivity contribution is 6.06. The van der Waals surface area contributed by atoms with Gasteiger partial charge in [0.25, 0.3) is 0 Å². The largest absolute Gasteiger partial charge is 0.496 e. The maximum absolute atomic E-state index is 12.7. The highest BCUT2D eigenvalue weighted by Crippen LogP contribution is 2.54. The van der Waals surface area contributed by atoms with Gasteiger partial charge in [0.1, 0.15) is 46.9 Å². The normalized spacial score (nSPS) is 24.9. The molecule has 0 spiro atoms. The van der Waals surface area contributed by atoms with Crippen LogP contribution in [0.4, 0.5) is 5.82 Å². The second-order valence-corrected chi connectivity index (χ2v) is 8.47. The number of benzene rings is 1. The van der Waals surface area contributed by atoms with E-state index in [-0.39, 0.29) is 29.2 Å². The Morgan fingerprint density at radius 2 is 2.09 bits per heavy atom. The number of aryl methyl sites for hydroxylation is 1. The third-order valence-electron chi connectivity index (χ3n) is 6.82. The molecule has 1 aliphatic carbocycles. The van der Waals surface area contributed by atoms with Gasteiger partial charge in [-0.15, -0.1) is 0 Å². The van der Waals surface area contributed by atoms with E-state index in [4.69, 9.17) is 24.4 Å². The second-order valence-electron chi connectivity index (χ2n) is 8.47. The molecule has 4 aromatic rings. The monoisotopic (exact) mass is 463 g/mol. The number of hydrogen-bond donors (Lipinski definition) is 2. The van der Waals surface area contributed by atoms with Crippen LogP contribution in [0, 0.1) is 0 Å². The number of aromatic nitrogens is 4. The summed E-state index contributed by atoms with van der Waals surface area (Å²) in [6.07, 6.45) is 0.529. The van der Waals surface area contributed by atoms with Crippen LogP contribution in [0.2, 0.25) is 0 Å². The van der Waals surface area contributed by atoms with Gasteiger partial charge in [0.05, 0.1) is 24.0 Å². The third kappa shape index (κ3) is 2.30. The van der Waals surface area contributed by atoms with Crippen molar-refractivity contribution < 1.29 is 28.5 Å². The van der Waals surface area contributed by atoms with E-state index in [9.17, 15) is 14.7 Å². The second kappa shape index (κ2) is 6.52. The molecule has 1 saturated heterocycles. The van der Waals surface area contributed by atoms with Gasteiger partial charge >= 0.3 is 5.63 Å². The fraction of sp³-hybridized carbons (Fsp3) is 0.318. The average molecular weight is 463 g/mol. The van der Waals surface area contributed by atoms with Crippen LogP contribution in [0.1, 0.15) is 40.1 Å². The SMILES string of the molecule is COc1cc2c(c3oc(=O)c4c(c13)CCC4=O)[C@H]1[C@@H](O2)O[C@@H](n2cnc3ncnc(N)c32)[C@@H]1O. The fourth-order valence-electron chi connectivity index (χ4n) is 5.38. The van der Waals surface area contributed by atoms with Gasteiger partial charge < -0.3 is 29.5 Å². The van der Waals surface area contributed by atoms with E-state index in [1.807, 2.05) is 0 Å². The number of carbonyl (C=O) groups is 1. The summed E-state index contributed by atoms with van der Waals surface area (Å²) in [6, 6.07) is 1.67. The van der Waals surface area contributed by atoms with E-state index in [1.165, 1.54) is 19.8 Å². The standard InChI is InChI=1S/C22H17N5O7/c1-31-9-4-10-13(17-12(9)7-2-3-8(28)11(7)21(30)33-17)14-16(29)20(34-22(14)32-10)27-6-26-19-15(27)18(23)24-5-25-19/h4-6,14,16,20,22,29H,2-3H2,1H3,(H2,23,24,25)/t14-,16-,20-,22+/m1/s1. The van der Waals surface area contributed by atoms with E-state index >= 15 is 0 Å². The molecule has 4 atom stereocenters. The lowest BCUT2D eigenvalue weighted by Gasteiger charge is -2.20. The number of nitrogens with two attached hydrogens (primary N) is 1. The van der Waals surface area contributed by atoms with Gasteiger partial charge in [0, 0.05) is 12.5 Å². The zero-order chi connectivity index (χ0) is 23.3. The van der Waals surface area contributed by atoms with Crippen molar-refractivity contribution in [1.82, 2.24) is 19.5 Å². The predicted molar refractivity (Wildman–Crippen MR) is 115 cm³/mol. The molecule has 5 heterocycles. The van der Waals surface area contributed by atoms with Gasteiger partial charge in [-0.25, -0.2) is 19.7 Å². The smallest absolute Gasteiger partial charge is 0.347 e. The number of hydrogen-bond acceptors (Lipinski definition) is 11. The molecule has 0 bridgehead atoms. The van der Waals surface area contributed by atoms with Crippen molar-refractivity contribution in [2.24, 2.45) is 0 Å². The number of rotatable bonds is 2. The van der Waals surface area contributed by atoms with Crippen molar-refractivity contribution in [3.8, 4) is 11.5 Å². The van der Waals surface area contributed by atoms with Crippen molar-refractivity contribution in [3.63, 3.8) is 0 Å². The quantitative estimate of drug-likeness (QED) is 0.408. The lowest BCUT2D eigenvalue weighted by Crippen LogP contribution is -2.24. The first-order valence-corrected chi connectivity index (χ1v) is 10.6. The van der Waals surface area contributed by atoms with Gasteiger partial charge in [0.15, 0.2) is 23.5 Å². The molecule has 34 heavy (non-hydrogen) atoms. The number of ketones is 1. The number of fused-ring (bicyclic) bond motifs is 8. The number of anilines is 1. The molecule has 0 amide bonds. The summed E-state index contributed by atoms with van der Waals surface area (Å²) in [4.78, 5) is 37.3. The predicted octanol–water partition coefficient (Wildman–Crippen LogP) is 1.04. The number of nitrogens with zero attached hydrogens (tertiary/aromatic N) is 4. The highest BCUT2D eigenvalue weighted by atomic mass is 16.7. The molecule has 0 unspecified atom stereocenters. The number of methoxy groups -OCH3 is 1. The maximum atomic E-state index is 12.7. The third-order valence-corrected chi connectivity index (χ3v) is 6.82. The van der Waals surface area contributed by atoms with Crippen molar-refractivity contribution >= 4 is 33.7 Å². The van der Waals surface area contributed by atoms with Gasteiger partial charge in [-0.1, -0.05) is 0 Å². The summed E-state index contributed by atoms with van der Waals surface area (Å²) in [7, 11) is 1.49. The van der Waals surface area contributed by atoms with Crippen LogP contribution in [0.15, 0.2) is 27.9 Å². The van der Waals surface area contributed by atoms with Crippen molar-refractivity contribution in [3.05, 3.63) is 45.8 Å². The number of carbonyl (C=O) groups excluding carboxylic acids is 1. The average Bonchev–Trinajstić information content (AvgIpc) is 3.56. The molecular weight excluding hydrogens is 446 g/mol. The van der Waals surface area contributed by atoms with Crippen LogP contribution in [0.3, 0.4) is 0 Å². The van der Waals surface area contributed by atoms with Crippen molar-refractivity contribution in [1.29, 1.82) is 0 Å². The summed E-state index contributed by atoms with van der Waals surface area (Å²) in [5.74, 6) is 0.0501. The zero-order valence-corrected chi connectivity index (χ0v) is 17.7. The Labute approximate surface area is 189 Å². The molecule has 7 rings (SSSR count). The number of imidazole rings is 1. The summed E-state index contributed by atoms with van der Waals surface area (Å²) >= 11 is 0. The molecule has 3 aliphatic rings. The number of aliphatic hydroxyl groups excluding tert-OH is 1. The Morgan fingerprint density at radius 1 is 1.24 bits per heavy atom. The van der Waals surface area contributed by atoms with Crippen molar-refractivity contribution in [2.45, 2.75) is 37.4 Å². The Bertz CT molecular complexity index is 1610. The van der Waals surface area contributed by atoms with Gasteiger partial charge in [-0.05, 0) is 12.0 Å². The minimum atomic E-state index is -1.11. The Hall–Kier alpha value is -4.03. The molecule has 0 radical (unpaired) electrons. The first-order valence-electron chi connectivity index (χ1n) is 10.6. The molecule has 172 valence electrons. The fourth-order valence-corrected chi connectivity index (χ4v) is 5.38. The molecule has 0 saturated carbocycles. The topological polar surface area (TPSA) is 165 Å². The van der Waals surface area contributed by atoms with Crippen LogP contribution in [-0.4, -0.2) is 49.9 Å². The number of ether oxygens (including phenoxy) is 3. The van der Waals surface area contributed by atoms with Crippen LogP contribution >= 0.6 is 0 Å². The Balaban J connectivity index is 1.42. The summed E-state index contributed by atoms with van der Waals surface area (Å²) in [6.45, 7) is 0. The summed E-state index contributed by atoms with van der Waals surface area (Å²) in [5, 5.41) is 11.9. The first-order chi connectivity index (χ1) is 16.5. The van der Waals surface area contributed by atoms with E-state index in [2.05, 4.69) is 15.0 Å². The van der Waals surface area contributed by atoms with E-state index in [0.717, 1.165) is 0 Å². The number of Topliss-reactive ketones (excluding diaryl/α,β-unsaturated/α-hetero) is 1. The molecule has 2 aliphatic heterocycles. The summed E-state index contributed by atoms with van der Waals surface area (Å²) < 4.78 is 24.9. The molecule has 3 aromatic heterocycles. The van der Waals surface area contributed by atoms with Crippen LogP contribution in [0.5, 0.6) is 11.5 Å². The summed E-state index contributed by atoms with van der Waals surface area (Å²) in [5.41, 5.74) is 7.47. The minimum Gasteiger partial charge on any atom is -0.496 e. The molecule has 12 heteroatoms. The first kappa shape index (κ1) is 19.4.